The van der Waals surface area contributed by atoms with Gasteiger partial charge in [0.2, 0.25) is 0 Å². The first-order valence-electron chi connectivity index (χ1n) is 7.52. The second-order valence-corrected chi connectivity index (χ2v) is 5.37. The third-order valence-electron chi connectivity index (χ3n) is 3.78. The Kier molecular flexibility index (Phi) is 4.25. The molecule has 3 rings (SSSR count). The van der Waals surface area contributed by atoms with E-state index in [0.717, 1.165) is 0 Å². The van der Waals surface area contributed by atoms with Crippen LogP contribution in [0.3, 0.4) is 0 Å². The van der Waals surface area contributed by atoms with Crippen LogP contribution in [0.25, 0.3) is 16.8 Å². The Morgan fingerprint density at radius 1 is 1.46 bits per heavy atom. The number of nitrogens with one attached hydrogen (secondary N) is 1. The van der Waals surface area contributed by atoms with Crippen LogP contribution in [-0.4, -0.2) is 26.2 Å². The first-order valence-corrected chi connectivity index (χ1v) is 7.52. The van der Waals surface area contributed by atoms with Crippen molar-refractivity contribution < 1.29 is 9.50 Å². The van der Waals surface area contributed by atoms with Gasteiger partial charge in [-0.25, -0.2) is 13.9 Å². The second-order valence-electron chi connectivity index (χ2n) is 5.37. The van der Waals surface area contributed by atoms with Crippen molar-refractivity contribution >= 4 is 5.65 Å². The van der Waals surface area contributed by atoms with E-state index in [9.17, 15) is 9.50 Å². The van der Waals surface area contributed by atoms with Gasteiger partial charge in [0.1, 0.15) is 17.6 Å². The van der Waals surface area contributed by atoms with E-state index in [1.54, 1.807) is 29.9 Å². The van der Waals surface area contributed by atoms with Crippen LogP contribution in [-0.2, 0) is 0 Å². The molecule has 2 aromatic heterocycles. The quantitative estimate of drug-likeness (QED) is 0.719. The van der Waals surface area contributed by atoms with Crippen LogP contribution in [0.4, 0.5) is 4.39 Å². The number of nitriles is 1. The Morgan fingerprint density at radius 3 is 2.96 bits per heavy atom. The van der Waals surface area contributed by atoms with Crippen molar-refractivity contribution in [1.29, 1.82) is 5.26 Å². The highest BCUT2D eigenvalue weighted by molar-refractivity contribution is 5.82. The van der Waals surface area contributed by atoms with Gasteiger partial charge in [-0.2, -0.15) is 10.4 Å². The number of aliphatic hydroxyl groups is 1. The average Bonchev–Trinajstić information content (AvgIpc) is 2.96. The molecular formula is C17H16FN5O. The molecule has 0 amide bonds. The maximum atomic E-state index is 14.2. The summed E-state index contributed by atoms with van der Waals surface area (Å²) >= 11 is 0. The number of rotatable bonds is 4. The fourth-order valence-corrected chi connectivity index (χ4v) is 2.68. The summed E-state index contributed by atoms with van der Waals surface area (Å²) in [6.07, 6.45) is 2.31. The Hall–Kier alpha value is -2.82. The predicted octanol–water partition coefficient (Wildman–Crippen LogP) is 2.32. The van der Waals surface area contributed by atoms with E-state index in [4.69, 9.17) is 5.26 Å². The lowest BCUT2D eigenvalue weighted by atomic mass is 9.97. The zero-order valence-electron chi connectivity index (χ0n) is 13.3. The van der Waals surface area contributed by atoms with Crippen molar-refractivity contribution in [3.63, 3.8) is 0 Å². The van der Waals surface area contributed by atoms with E-state index in [1.165, 1.54) is 12.1 Å². The lowest BCUT2D eigenvalue weighted by molar-refractivity contribution is 0.137. The molecule has 1 unspecified atom stereocenters. The molecule has 6 nitrogen and oxygen atoms in total. The molecule has 0 aliphatic rings. The summed E-state index contributed by atoms with van der Waals surface area (Å²) in [6.45, 7) is 4.19. The maximum Gasteiger partial charge on any atom is 0.163 e. The molecule has 122 valence electrons. The summed E-state index contributed by atoms with van der Waals surface area (Å²) in [4.78, 5) is 4.31. The van der Waals surface area contributed by atoms with Crippen molar-refractivity contribution in [3.8, 4) is 17.2 Å². The zero-order valence-corrected chi connectivity index (χ0v) is 13.3. The van der Waals surface area contributed by atoms with Crippen molar-refractivity contribution in [1.82, 2.24) is 19.9 Å². The van der Waals surface area contributed by atoms with Crippen LogP contribution in [0.2, 0.25) is 0 Å². The van der Waals surface area contributed by atoms with Crippen LogP contribution in [0, 0.1) is 24.1 Å². The highest BCUT2D eigenvalue weighted by Crippen LogP contribution is 2.33. The molecule has 2 N–H and O–H groups in total. The summed E-state index contributed by atoms with van der Waals surface area (Å²) in [5.74, 6) is -0.614. The van der Waals surface area contributed by atoms with Gasteiger partial charge in [-0.05, 0) is 42.8 Å². The standard InChI is InChI=1S/C17H16FN5O/c1-3-20-17(24)15-14(16-21-5-4-6-23(16)22-15)12-8-13(18)11(9-19)7-10(12)2/h4-8,17,20,24H,3H2,1-2H3. The van der Waals surface area contributed by atoms with E-state index in [-0.39, 0.29) is 5.56 Å². The number of aliphatic hydroxyl groups excluding tert-OH is 1. The van der Waals surface area contributed by atoms with Gasteiger partial charge in [0.25, 0.3) is 0 Å². The van der Waals surface area contributed by atoms with Gasteiger partial charge in [0.05, 0.1) is 11.1 Å². The molecule has 1 aromatic carbocycles. The molecule has 1 atom stereocenters. The van der Waals surface area contributed by atoms with Crippen LogP contribution in [0.1, 0.15) is 30.0 Å². The van der Waals surface area contributed by atoms with E-state index in [2.05, 4.69) is 15.4 Å². The molecule has 0 spiro atoms. The van der Waals surface area contributed by atoms with Crippen LogP contribution >= 0.6 is 0 Å². The zero-order chi connectivity index (χ0) is 17.3. The van der Waals surface area contributed by atoms with E-state index >= 15 is 0 Å². The summed E-state index contributed by atoms with van der Waals surface area (Å²) in [5, 5.41) is 26.6. The Balaban J connectivity index is 2.31. The summed E-state index contributed by atoms with van der Waals surface area (Å²) in [7, 11) is 0. The van der Waals surface area contributed by atoms with Crippen LogP contribution in [0.15, 0.2) is 30.6 Å². The van der Waals surface area contributed by atoms with Gasteiger partial charge in [-0.1, -0.05) is 6.92 Å². The lowest BCUT2D eigenvalue weighted by Crippen LogP contribution is -2.21. The predicted molar refractivity (Wildman–Crippen MR) is 86.5 cm³/mol. The monoisotopic (exact) mass is 325 g/mol. The summed E-state index contributed by atoms with van der Waals surface area (Å²) in [5.41, 5.74) is 2.66. The summed E-state index contributed by atoms with van der Waals surface area (Å²) in [6, 6.07) is 6.33. The molecule has 0 saturated carbocycles. The van der Waals surface area contributed by atoms with Crippen LogP contribution in [0.5, 0.6) is 0 Å². The molecule has 2 heterocycles. The SMILES string of the molecule is CCNC(O)c1nn2cccnc2c1-c1cc(F)c(C#N)cc1C. The van der Waals surface area contributed by atoms with Crippen molar-refractivity contribution in [3.05, 3.63) is 53.2 Å². The molecule has 0 aliphatic heterocycles. The van der Waals surface area contributed by atoms with E-state index < -0.39 is 12.0 Å². The smallest absolute Gasteiger partial charge is 0.163 e. The Morgan fingerprint density at radius 2 is 2.25 bits per heavy atom. The first-order chi connectivity index (χ1) is 11.6. The first kappa shape index (κ1) is 16.1. The number of nitrogens with zero attached hydrogens (tertiary/aromatic N) is 4. The van der Waals surface area contributed by atoms with Gasteiger partial charge in [-0.3, -0.25) is 5.32 Å². The number of aromatic nitrogens is 3. The van der Waals surface area contributed by atoms with Gasteiger partial charge >= 0.3 is 0 Å². The molecule has 0 saturated heterocycles. The number of benzene rings is 1. The fourth-order valence-electron chi connectivity index (χ4n) is 2.68. The number of aryl methyl sites for hydroxylation is 1. The van der Waals surface area contributed by atoms with Crippen molar-refractivity contribution in [2.75, 3.05) is 6.54 Å². The highest BCUT2D eigenvalue weighted by Gasteiger charge is 2.23. The average molecular weight is 325 g/mol. The second kappa shape index (κ2) is 6.35. The maximum absolute atomic E-state index is 14.2. The molecule has 0 aliphatic carbocycles. The molecule has 3 aromatic rings. The van der Waals surface area contributed by atoms with Crippen molar-refractivity contribution in [2.45, 2.75) is 20.1 Å². The van der Waals surface area contributed by atoms with E-state index in [0.29, 0.717) is 34.6 Å². The lowest BCUT2D eigenvalue weighted by Gasteiger charge is -2.12. The van der Waals surface area contributed by atoms with Crippen LogP contribution < -0.4 is 5.32 Å². The summed E-state index contributed by atoms with van der Waals surface area (Å²) < 4.78 is 15.7. The van der Waals surface area contributed by atoms with Gasteiger partial charge < -0.3 is 5.11 Å². The van der Waals surface area contributed by atoms with Gasteiger partial charge in [0, 0.05) is 12.4 Å². The molecule has 0 radical (unpaired) electrons. The number of hydrogen-bond acceptors (Lipinski definition) is 5. The normalized spacial score (nSPS) is 12.3. The third kappa shape index (κ3) is 2.62. The largest absolute Gasteiger partial charge is 0.373 e. The van der Waals surface area contributed by atoms with Gasteiger partial charge in [-0.15, -0.1) is 0 Å². The minimum Gasteiger partial charge on any atom is -0.373 e. The topological polar surface area (TPSA) is 86.2 Å². The molecule has 0 bridgehead atoms. The number of halogens is 1. The minimum atomic E-state index is -1.01. The number of fused-ring (bicyclic) bond motifs is 1. The fraction of sp³-hybridized carbons (Fsp3) is 0.235. The molecule has 0 fully saturated rings. The van der Waals surface area contributed by atoms with Crippen molar-refractivity contribution in [2.24, 2.45) is 0 Å². The Labute approximate surface area is 138 Å². The number of hydrogen-bond donors (Lipinski definition) is 2. The molecule has 24 heavy (non-hydrogen) atoms. The molecule has 7 heteroatoms. The van der Waals surface area contributed by atoms with Gasteiger partial charge in [0.15, 0.2) is 11.9 Å². The minimum absolute atomic E-state index is 0.0190. The molecular weight excluding hydrogens is 309 g/mol. The highest BCUT2D eigenvalue weighted by atomic mass is 19.1. The third-order valence-corrected chi connectivity index (χ3v) is 3.78. The Bertz CT molecular complexity index is 944. The van der Waals surface area contributed by atoms with E-state index in [1.807, 2.05) is 13.0 Å².